The van der Waals surface area contributed by atoms with Crippen LogP contribution >= 0.6 is 0 Å². The first kappa shape index (κ1) is 25.7. The van der Waals surface area contributed by atoms with Gasteiger partial charge in [0.25, 0.3) is 0 Å². The van der Waals surface area contributed by atoms with Crippen molar-refractivity contribution in [3.8, 4) is 0 Å². The minimum absolute atomic E-state index is 0.0482. The normalized spacial score (nSPS) is 12.4. The number of benzene rings is 2. The Kier molecular flexibility index (Phi) is 9.55. The summed E-state index contributed by atoms with van der Waals surface area (Å²) >= 11 is 0. The minimum Gasteiger partial charge on any atom is -0.356 e. The SMILES string of the molecule is CC.CC.CC(C)(C)C1=CCc2ccccc21.CC(C)(C)c1noc2ccccc12. The van der Waals surface area contributed by atoms with E-state index in [9.17, 15) is 0 Å². The van der Waals surface area contributed by atoms with Crippen molar-refractivity contribution in [3.63, 3.8) is 0 Å². The van der Waals surface area contributed by atoms with Crippen molar-refractivity contribution in [3.05, 3.63) is 71.4 Å². The Morgan fingerprint density at radius 1 is 0.733 bits per heavy atom. The number of hydrogen-bond acceptors (Lipinski definition) is 2. The molecule has 0 aliphatic heterocycles. The van der Waals surface area contributed by atoms with Gasteiger partial charge in [0.2, 0.25) is 0 Å². The molecule has 2 aromatic carbocycles. The van der Waals surface area contributed by atoms with E-state index in [4.69, 9.17) is 4.52 Å². The molecule has 4 rings (SSSR count). The summed E-state index contributed by atoms with van der Waals surface area (Å²) in [4.78, 5) is 0. The Labute approximate surface area is 184 Å². The molecule has 0 atom stereocenters. The van der Waals surface area contributed by atoms with Gasteiger partial charge in [0.1, 0.15) is 0 Å². The van der Waals surface area contributed by atoms with E-state index in [0.717, 1.165) is 23.1 Å². The molecule has 1 aromatic heterocycles. The molecule has 2 nitrogen and oxygen atoms in total. The summed E-state index contributed by atoms with van der Waals surface area (Å²) in [5.74, 6) is 0. The number of nitrogens with zero attached hydrogens (tertiary/aromatic N) is 1. The van der Waals surface area contributed by atoms with Crippen LogP contribution in [-0.2, 0) is 11.8 Å². The van der Waals surface area contributed by atoms with Crippen LogP contribution < -0.4 is 0 Å². The Hall–Kier alpha value is -2.35. The van der Waals surface area contributed by atoms with Gasteiger partial charge in [-0.3, -0.25) is 0 Å². The monoisotopic (exact) mass is 407 g/mol. The van der Waals surface area contributed by atoms with Crippen molar-refractivity contribution >= 4 is 16.5 Å². The third-order valence-corrected chi connectivity index (χ3v) is 4.73. The van der Waals surface area contributed by atoms with Crippen LogP contribution in [0.4, 0.5) is 0 Å². The Balaban J connectivity index is 0.000000258. The minimum atomic E-state index is 0.0482. The molecule has 0 spiro atoms. The zero-order valence-electron chi connectivity index (χ0n) is 20.8. The van der Waals surface area contributed by atoms with Gasteiger partial charge >= 0.3 is 0 Å². The van der Waals surface area contributed by atoms with Crippen molar-refractivity contribution in [2.75, 3.05) is 0 Å². The van der Waals surface area contributed by atoms with Gasteiger partial charge in [-0.25, -0.2) is 0 Å². The molecule has 1 heterocycles. The fourth-order valence-electron chi connectivity index (χ4n) is 3.42. The van der Waals surface area contributed by atoms with Gasteiger partial charge in [-0.1, -0.05) is 117 Å². The summed E-state index contributed by atoms with van der Waals surface area (Å²) in [6.45, 7) is 21.2. The van der Waals surface area contributed by atoms with Crippen LogP contribution in [0.1, 0.15) is 86.1 Å². The molecule has 2 heteroatoms. The highest BCUT2D eigenvalue weighted by Crippen LogP contribution is 2.39. The highest BCUT2D eigenvalue weighted by molar-refractivity contribution is 5.80. The molecule has 0 unspecified atom stereocenters. The topological polar surface area (TPSA) is 26.0 Å². The van der Waals surface area contributed by atoms with Crippen LogP contribution in [0.3, 0.4) is 0 Å². The Morgan fingerprint density at radius 2 is 1.30 bits per heavy atom. The van der Waals surface area contributed by atoms with Crippen LogP contribution in [-0.4, -0.2) is 5.16 Å². The van der Waals surface area contributed by atoms with Gasteiger partial charge in [0.05, 0.1) is 5.69 Å². The molecule has 0 radical (unpaired) electrons. The molecule has 0 bridgehead atoms. The first-order chi connectivity index (χ1) is 14.2. The van der Waals surface area contributed by atoms with Gasteiger partial charge in [-0.2, -0.15) is 0 Å². The number of hydrogen-bond donors (Lipinski definition) is 0. The van der Waals surface area contributed by atoms with E-state index < -0.39 is 0 Å². The van der Waals surface area contributed by atoms with Crippen LogP contribution in [0.5, 0.6) is 0 Å². The second kappa shape index (κ2) is 11.2. The second-order valence-corrected chi connectivity index (χ2v) is 9.01. The molecule has 1 aliphatic carbocycles. The average molecular weight is 408 g/mol. The third-order valence-electron chi connectivity index (χ3n) is 4.73. The summed E-state index contributed by atoms with van der Waals surface area (Å²) in [7, 11) is 0. The standard InChI is InChI=1S/C13H16.C11H13NO.2C2H6/c1-13(2,3)12-9-8-10-6-4-5-7-11(10)12;1-11(2,3)10-8-6-4-5-7-9(8)13-12-10;2*1-2/h4-7,9H,8H2,1-3H3;4-7H,1-3H3;2*1-2H3. The zero-order valence-corrected chi connectivity index (χ0v) is 20.8. The van der Waals surface area contributed by atoms with E-state index in [1.54, 1.807) is 0 Å². The van der Waals surface area contributed by atoms with E-state index in [0.29, 0.717) is 0 Å². The predicted molar refractivity (Wildman–Crippen MR) is 133 cm³/mol. The predicted octanol–water partition coefficient (Wildman–Crippen LogP) is 8.85. The highest BCUT2D eigenvalue weighted by atomic mass is 16.5. The van der Waals surface area contributed by atoms with Crippen molar-refractivity contribution in [2.45, 2.75) is 81.1 Å². The third kappa shape index (κ3) is 6.32. The maximum atomic E-state index is 5.23. The van der Waals surface area contributed by atoms with Crippen molar-refractivity contribution in [1.82, 2.24) is 5.16 Å². The zero-order chi connectivity index (χ0) is 22.9. The van der Waals surface area contributed by atoms with Crippen molar-refractivity contribution < 1.29 is 4.52 Å². The van der Waals surface area contributed by atoms with E-state index in [-0.39, 0.29) is 10.8 Å². The smallest absolute Gasteiger partial charge is 0.167 e. The highest BCUT2D eigenvalue weighted by Gasteiger charge is 2.23. The molecule has 1 aliphatic rings. The molecule has 164 valence electrons. The lowest BCUT2D eigenvalue weighted by Gasteiger charge is -2.21. The average Bonchev–Trinajstić information content (AvgIpc) is 3.35. The largest absolute Gasteiger partial charge is 0.356 e. The lowest BCUT2D eigenvalue weighted by atomic mass is 9.83. The van der Waals surface area contributed by atoms with E-state index >= 15 is 0 Å². The molecule has 0 saturated heterocycles. The summed E-state index contributed by atoms with van der Waals surface area (Å²) in [5, 5.41) is 5.21. The quantitative estimate of drug-likeness (QED) is 0.372. The number of rotatable bonds is 0. The van der Waals surface area contributed by atoms with Crippen LogP contribution in [0.2, 0.25) is 0 Å². The lowest BCUT2D eigenvalue weighted by molar-refractivity contribution is 0.419. The van der Waals surface area contributed by atoms with E-state index in [2.05, 4.69) is 77.0 Å². The molecule has 30 heavy (non-hydrogen) atoms. The van der Waals surface area contributed by atoms with E-state index in [1.165, 1.54) is 16.7 Å². The molecule has 0 saturated carbocycles. The summed E-state index contributed by atoms with van der Waals surface area (Å²) in [6, 6.07) is 16.7. The van der Waals surface area contributed by atoms with Crippen molar-refractivity contribution in [2.24, 2.45) is 5.41 Å². The van der Waals surface area contributed by atoms with Gasteiger partial charge in [-0.15, -0.1) is 0 Å². The fraction of sp³-hybridized carbons (Fsp3) is 0.464. The Morgan fingerprint density at radius 3 is 1.90 bits per heavy atom. The molecule has 0 N–H and O–H groups in total. The van der Waals surface area contributed by atoms with Gasteiger partial charge < -0.3 is 4.52 Å². The van der Waals surface area contributed by atoms with Crippen LogP contribution in [0.15, 0.2) is 59.1 Å². The Bertz CT molecular complexity index is 933. The number of aromatic nitrogens is 1. The number of para-hydroxylation sites is 1. The second-order valence-electron chi connectivity index (χ2n) is 9.01. The molecule has 0 amide bonds. The maximum absolute atomic E-state index is 5.23. The number of allylic oxidation sites excluding steroid dienone is 2. The molecular formula is C28H41NO. The van der Waals surface area contributed by atoms with Gasteiger partial charge in [0, 0.05) is 10.8 Å². The maximum Gasteiger partial charge on any atom is 0.167 e. The van der Waals surface area contributed by atoms with Gasteiger partial charge in [0.15, 0.2) is 5.58 Å². The summed E-state index contributed by atoms with van der Waals surface area (Å²) in [6.07, 6.45) is 3.48. The van der Waals surface area contributed by atoms with E-state index in [1.807, 2.05) is 52.0 Å². The van der Waals surface area contributed by atoms with Crippen molar-refractivity contribution in [1.29, 1.82) is 0 Å². The summed E-state index contributed by atoms with van der Waals surface area (Å²) < 4.78 is 5.23. The molecule has 0 fully saturated rings. The van der Waals surface area contributed by atoms with Crippen LogP contribution in [0.25, 0.3) is 16.5 Å². The van der Waals surface area contributed by atoms with Gasteiger partial charge in [-0.05, 0) is 40.7 Å². The van der Waals surface area contributed by atoms with Crippen LogP contribution in [0, 0.1) is 5.41 Å². The summed E-state index contributed by atoms with van der Waals surface area (Å²) in [5.41, 5.74) is 6.67. The fourth-order valence-corrected chi connectivity index (χ4v) is 3.42. The molecular weight excluding hydrogens is 366 g/mol. The lowest BCUT2D eigenvalue weighted by Crippen LogP contribution is -2.11. The first-order valence-corrected chi connectivity index (χ1v) is 11.3. The first-order valence-electron chi connectivity index (χ1n) is 11.3. The molecule has 3 aromatic rings. The number of fused-ring (bicyclic) bond motifs is 2.